The van der Waals surface area contributed by atoms with Crippen molar-refractivity contribution in [2.24, 2.45) is 0 Å². The zero-order valence-electron chi connectivity index (χ0n) is 10.4. The Hall–Kier alpha value is -0.940. The minimum absolute atomic E-state index is 0.160. The smallest absolute Gasteiger partial charge is 0.184 e. The fourth-order valence-corrected chi connectivity index (χ4v) is 4.47. The highest BCUT2D eigenvalue weighted by atomic mass is 32.2. The Morgan fingerprint density at radius 2 is 2.00 bits per heavy atom. The van der Waals surface area contributed by atoms with E-state index in [1.807, 2.05) is 7.05 Å². The second kappa shape index (κ2) is 5.36. The Morgan fingerprint density at radius 3 is 2.67 bits per heavy atom. The fraction of sp³-hybridized carbons (Fsp3) is 0.538. The van der Waals surface area contributed by atoms with Gasteiger partial charge in [0.15, 0.2) is 9.84 Å². The highest BCUT2D eigenvalue weighted by Crippen LogP contribution is 2.29. The van der Waals surface area contributed by atoms with E-state index in [0.717, 1.165) is 12.8 Å². The molecule has 0 aromatic heterocycles. The first-order valence-corrected chi connectivity index (χ1v) is 7.76. The molecule has 2 unspecified atom stereocenters. The molecule has 5 heteroatoms. The molecule has 1 aliphatic carbocycles. The lowest BCUT2D eigenvalue weighted by atomic mass is 9.95. The summed E-state index contributed by atoms with van der Waals surface area (Å²) in [6, 6.07) is 5.84. The summed E-state index contributed by atoms with van der Waals surface area (Å²) in [6.45, 7) is 0. The normalized spacial score (nSPS) is 25.0. The van der Waals surface area contributed by atoms with Crippen LogP contribution in [0.15, 0.2) is 29.2 Å². The van der Waals surface area contributed by atoms with Gasteiger partial charge in [-0.15, -0.1) is 0 Å². The SMILES string of the molecule is CNC1CCCC(S(=O)(=O)c2ccccc2F)C1. The number of halogens is 1. The Morgan fingerprint density at radius 1 is 1.28 bits per heavy atom. The van der Waals surface area contributed by atoms with Gasteiger partial charge in [-0.05, 0) is 38.4 Å². The van der Waals surface area contributed by atoms with Gasteiger partial charge in [-0.1, -0.05) is 18.6 Å². The van der Waals surface area contributed by atoms with Crippen molar-refractivity contribution in [3.8, 4) is 0 Å². The minimum atomic E-state index is -3.55. The van der Waals surface area contributed by atoms with Crippen LogP contribution in [-0.4, -0.2) is 26.8 Å². The summed E-state index contributed by atoms with van der Waals surface area (Å²) in [7, 11) is -1.71. The predicted octanol–water partition coefficient (Wildman–Crippen LogP) is 2.13. The van der Waals surface area contributed by atoms with Crippen LogP contribution < -0.4 is 5.32 Å². The van der Waals surface area contributed by atoms with Crippen LogP contribution in [0, 0.1) is 5.82 Å². The highest BCUT2D eigenvalue weighted by molar-refractivity contribution is 7.92. The van der Waals surface area contributed by atoms with Gasteiger partial charge in [-0.25, -0.2) is 12.8 Å². The first-order valence-electron chi connectivity index (χ1n) is 6.21. The average Bonchev–Trinajstić information content (AvgIpc) is 2.39. The van der Waals surface area contributed by atoms with Crippen molar-refractivity contribution in [2.75, 3.05) is 7.05 Å². The number of hydrogen-bond donors (Lipinski definition) is 1. The Kier molecular flexibility index (Phi) is 4.02. The summed E-state index contributed by atoms with van der Waals surface area (Å²) in [5, 5.41) is 2.64. The molecule has 2 rings (SSSR count). The summed E-state index contributed by atoms with van der Waals surface area (Å²) >= 11 is 0. The molecule has 100 valence electrons. The molecule has 1 saturated carbocycles. The molecule has 0 heterocycles. The summed E-state index contributed by atoms with van der Waals surface area (Å²) in [4.78, 5) is -0.160. The summed E-state index contributed by atoms with van der Waals surface area (Å²) in [5.41, 5.74) is 0. The molecule has 18 heavy (non-hydrogen) atoms. The van der Waals surface area contributed by atoms with Gasteiger partial charge in [0.05, 0.1) is 5.25 Å². The lowest BCUT2D eigenvalue weighted by Crippen LogP contribution is -2.37. The zero-order valence-corrected chi connectivity index (χ0v) is 11.2. The third-order valence-corrected chi connectivity index (χ3v) is 5.87. The van der Waals surface area contributed by atoms with Crippen molar-refractivity contribution < 1.29 is 12.8 Å². The minimum Gasteiger partial charge on any atom is -0.317 e. The second-order valence-electron chi connectivity index (χ2n) is 4.75. The van der Waals surface area contributed by atoms with Gasteiger partial charge in [0.25, 0.3) is 0 Å². The Bertz CT molecular complexity index is 515. The van der Waals surface area contributed by atoms with Crippen LogP contribution in [0.5, 0.6) is 0 Å². The molecular formula is C13H18FNO2S. The van der Waals surface area contributed by atoms with Gasteiger partial charge in [0.1, 0.15) is 10.7 Å². The Balaban J connectivity index is 2.29. The molecule has 1 aliphatic rings. The van der Waals surface area contributed by atoms with E-state index >= 15 is 0 Å². The molecule has 1 fully saturated rings. The summed E-state index contributed by atoms with van der Waals surface area (Å²) in [5.74, 6) is -0.649. The molecule has 0 bridgehead atoms. The fourth-order valence-electron chi connectivity index (χ4n) is 2.54. The topological polar surface area (TPSA) is 46.2 Å². The number of sulfone groups is 1. The second-order valence-corrected chi connectivity index (χ2v) is 6.95. The van der Waals surface area contributed by atoms with E-state index in [0.29, 0.717) is 12.8 Å². The lowest BCUT2D eigenvalue weighted by Gasteiger charge is -2.28. The quantitative estimate of drug-likeness (QED) is 0.916. The molecule has 2 atom stereocenters. The van der Waals surface area contributed by atoms with Crippen LogP contribution in [0.25, 0.3) is 0 Å². The van der Waals surface area contributed by atoms with Gasteiger partial charge in [0.2, 0.25) is 0 Å². The van der Waals surface area contributed by atoms with E-state index in [4.69, 9.17) is 0 Å². The van der Waals surface area contributed by atoms with Gasteiger partial charge in [0, 0.05) is 6.04 Å². The van der Waals surface area contributed by atoms with Crippen molar-refractivity contribution >= 4 is 9.84 Å². The van der Waals surface area contributed by atoms with E-state index in [2.05, 4.69) is 5.32 Å². The molecule has 1 aromatic rings. The highest BCUT2D eigenvalue weighted by Gasteiger charge is 2.33. The molecule has 1 aromatic carbocycles. The summed E-state index contributed by atoms with van der Waals surface area (Å²) in [6.07, 6.45) is 3.03. The van der Waals surface area contributed by atoms with E-state index in [1.54, 1.807) is 6.07 Å². The van der Waals surface area contributed by atoms with E-state index in [9.17, 15) is 12.8 Å². The lowest BCUT2D eigenvalue weighted by molar-refractivity contribution is 0.390. The predicted molar refractivity (Wildman–Crippen MR) is 68.7 cm³/mol. The molecule has 0 amide bonds. The van der Waals surface area contributed by atoms with Crippen LogP contribution in [0.1, 0.15) is 25.7 Å². The molecule has 0 saturated heterocycles. The van der Waals surface area contributed by atoms with Crippen LogP contribution in [0.4, 0.5) is 4.39 Å². The first-order chi connectivity index (χ1) is 8.55. The zero-order chi connectivity index (χ0) is 13.2. The molecule has 0 aliphatic heterocycles. The third kappa shape index (κ3) is 2.57. The van der Waals surface area contributed by atoms with Crippen molar-refractivity contribution in [1.29, 1.82) is 0 Å². The maximum atomic E-state index is 13.6. The number of rotatable bonds is 3. The molecule has 0 radical (unpaired) electrons. The average molecular weight is 271 g/mol. The Labute approximate surface area is 107 Å². The maximum Gasteiger partial charge on any atom is 0.184 e. The van der Waals surface area contributed by atoms with Crippen molar-refractivity contribution in [2.45, 2.75) is 41.9 Å². The van der Waals surface area contributed by atoms with Crippen molar-refractivity contribution in [3.63, 3.8) is 0 Å². The first kappa shape index (κ1) is 13.5. The van der Waals surface area contributed by atoms with Crippen LogP contribution in [0.3, 0.4) is 0 Å². The molecule has 1 N–H and O–H groups in total. The number of benzene rings is 1. The number of hydrogen-bond acceptors (Lipinski definition) is 3. The van der Waals surface area contributed by atoms with Crippen LogP contribution in [-0.2, 0) is 9.84 Å². The van der Waals surface area contributed by atoms with E-state index < -0.39 is 20.9 Å². The van der Waals surface area contributed by atoms with Gasteiger partial charge in [-0.2, -0.15) is 0 Å². The van der Waals surface area contributed by atoms with Gasteiger partial charge >= 0.3 is 0 Å². The third-order valence-electron chi connectivity index (χ3n) is 3.62. The largest absolute Gasteiger partial charge is 0.317 e. The van der Waals surface area contributed by atoms with E-state index in [-0.39, 0.29) is 10.9 Å². The van der Waals surface area contributed by atoms with Crippen LogP contribution >= 0.6 is 0 Å². The van der Waals surface area contributed by atoms with Gasteiger partial charge in [-0.3, -0.25) is 0 Å². The molecule has 3 nitrogen and oxygen atoms in total. The monoisotopic (exact) mass is 271 g/mol. The van der Waals surface area contributed by atoms with Gasteiger partial charge < -0.3 is 5.32 Å². The summed E-state index contributed by atoms with van der Waals surface area (Å²) < 4.78 is 38.4. The maximum absolute atomic E-state index is 13.6. The van der Waals surface area contributed by atoms with Crippen LogP contribution in [0.2, 0.25) is 0 Å². The molecular weight excluding hydrogens is 253 g/mol. The van der Waals surface area contributed by atoms with Crippen molar-refractivity contribution in [3.05, 3.63) is 30.1 Å². The molecule has 0 spiro atoms. The van der Waals surface area contributed by atoms with E-state index in [1.165, 1.54) is 18.2 Å². The van der Waals surface area contributed by atoms with Crippen molar-refractivity contribution in [1.82, 2.24) is 5.32 Å². The standard InChI is InChI=1S/C13H18FNO2S/c1-15-10-5-4-6-11(9-10)18(16,17)13-8-3-2-7-12(13)14/h2-3,7-8,10-11,15H,4-6,9H2,1H3. The number of nitrogens with one attached hydrogen (secondary N) is 1.